The zero-order valence-electron chi connectivity index (χ0n) is 12.7. The van der Waals surface area contributed by atoms with Crippen LogP contribution in [0.2, 0.25) is 5.02 Å². The summed E-state index contributed by atoms with van der Waals surface area (Å²) in [6, 6.07) is 8.90. The largest absolute Gasteiger partial charge is 0.350 e. The lowest BCUT2D eigenvalue weighted by Crippen LogP contribution is -2.46. The first kappa shape index (κ1) is 16.0. The summed E-state index contributed by atoms with van der Waals surface area (Å²) >= 11 is 5.96. The summed E-state index contributed by atoms with van der Waals surface area (Å²) in [4.78, 5) is 14.4. The van der Waals surface area contributed by atoms with E-state index in [4.69, 9.17) is 16.1 Å². The Morgan fingerprint density at radius 3 is 2.96 bits per heavy atom. The Hall–Kier alpha value is -1.89. The number of benzene rings is 1. The van der Waals surface area contributed by atoms with Crippen LogP contribution in [0.25, 0.3) is 11.3 Å². The second kappa shape index (κ2) is 7.59. The highest BCUT2D eigenvalue weighted by molar-refractivity contribution is 6.30. The molecule has 0 unspecified atom stereocenters. The van der Waals surface area contributed by atoms with Crippen molar-refractivity contribution in [2.24, 2.45) is 0 Å². The molecule has 23 heavy (non-hydrogen) atoms. The normalized spacial score (nSPS) is 15.5. The third-order valence-corrected chi connectivity index (χ3v) is 4.01. The van der Waals surface area contributed by atoms with Crippen molar-refractivity contribution in [3.63, 3.8) is 0 Å². The van der Waals surface area contributed by atoms with E-state index in [1.807, 2.05) is 12.1 Å². The molecule has 6 nitrogen and oxygen atoms in total. The van der Waals surface area contributed by atoms with Crippen LogP contribution in [0.3, 0.4) is 0 Å². The molecule has 2 aromatic rings. The summed E-state index contributed by atoms with van der Waals surface area (Å²) in [6.45, 7) is 5.45. The van der Waals surface area contributed by atoms with Crippen LogP contribution < -0.4 is 10.6 Å². The van der Waals surface area contributed by atoms with Gasteiger partial charge in [0.2, 0.25) is 5.76 Å². The van der Waals surface area contributed by atoms with Gasteiger partial charge in [-0.15, -0.1) is 0 Å². The molecule has 0 aliphatic carbocycles. The fourth-order valence-corrected chi connectivity index (χ4v) is 2.71. The van der Waals surface area contributed by atoms with Crippen LogP contribution in [0.4, 0.5) is 0 Å². The highest BCUT2D eigenvalue weighted by Crippen LogP contribution is 2.22. The van der Waals surface area contributed by atoms with Gasteiger partial charge in [0.25, 0.3) is 5.91 Å². The van der Waals surface area contributed by atoms with Crippen molar-refractivity contribution >= 4 is 17.5 Å². The number of hydrogen-bond acceptors (Lipinski definition) is 5. The van der Waals surface area contributed by atoms with E-state index < -0.39 is 0 Å². The molecule has 1 aromatic heterocycles. The van der Waals surface area contributed by atoms with E-state index >= 15 is 0 Å². The third kappa shape index (κ3) is 4.31. The number of carbonyl (C=O) groups excluding carboxylic acids is 1. The smallest absolute Gasteiger partial charge is 0.289 e. The Balaban J connectivity index is 1.54. The first-order valence-electron chi connectivity index (χ1n) is 7.66. The van der Waals surface area contributed by atoms with Gasteiger partial charge in [-0.1, -0.05) is 28.9 Å². The maximum Gasteiger partial charge on any atom is 0.289 e. The third-order valence-electron chi connectivity index (χ3n) is 3.78. The van der Waals surface area contributed by atoms with Crippen molar-refractivity contribution in [2.45, 2.75) is 0 Å². The second-order valence-electron chi connectivity index (χ2n) is 5.43. The maximum atomic E-state index is 12.1. The lowest BCUT2D eigenvalue weighted by Gasteiger charge is -2.26. The number of hydrogen-bond donors (Lipinski definition) is 2. The van der Waals surface area contributed by atoms with Crippen LogP contribution in [0, 0.1) is 0 Å². The van der Waals surface area contributed by atoms with Crippen molar-refractivity contribution in [3.05, 3.63) is 41.1 Å². The average Bonchev–Trinajstić information content (AvgIpc) is 3.06. The molecule has 1 aliphatic heterocycles. The number of rotatable bonds is 5. The first-order chi connectivity index (χ1) is 11.2. The van der Waals surface area contributed by atoms with E-state index in [-0.39, 0.29) is 11.7 Å². The number of amides is 1. The molecule has 0 spiro atoms. The van der Waals surface area contributed by atoms with Crippen molar-refractivity contribution in [2.75, 3.05) is 39.3 Å². The zero-order valence-corrected chi connectivity index (χ0v) is 13.5. The summed E-state index contributed by atoms with van der Waals surface area (Å²) in [6.07, 6.45) is 0. The molecule has 7 heteroatoms. The van der Waals surface area contributed by atoms with E-state index in [9.17, 15) is 4.79 Å². The molecular formula is C16H19ClN4O2. The molecular weight excluding hydrogens is 316 g/mol. The number of nitrogens with zero attached hydrogens (tertiary/aromatic N) is 2. The van der Waals surface area contributed by atoms with E-state index in [2.05, 4.69) is 20.7 Å². The minimum absolute atomic E-state index is 0.209. The molecule has 0 radical (unpaired) electrons. The minimum Gasteiger partial charge on any atom is -0.350 e. The number of nitrogens with one attached hydrogen (secondary N) is 2. The lowest BCUT2D eigenvalue weighted by molar-refractivity contribution is 0.0910. The van der Waals surface area contributed by atoms with Crippen molar-refractivity contribution < 1.29 is 9.32 Å². The fraction of sp³-hybridized carbons (Fsp3) is 0.375. The number of aromatic nitrogens is 1. The van der Waals surface area contributed by atoms with Crippen LogP contribution in [-0.4, -0.2) is 55.2 Å². The second-order valence-corrected chi connectivity index (χ2v) is 5.87. The van der Waals surface area contributed by atoms with Crippen molar-refractivity contribution in [3.8, 4) is 11.3 Å². The topological polar surface area (TPSA) is 70.4 Å². The van der Waals surface area contributed by atoms with Crippen molar-refractivity contribution in [1.82, 2.24) is 20.7 Å². The summed E-state index contributed by atoms with van der Waals surface area (Å²) in [5, 5.41) is 10.7. The zero-order chi connectivity index (χ0) is 16.1. The van der Waals surface area contributed by atoms with Gasteiger partial charge in [-0.25, -0.2) is 0 Å². The Bertz CT molecular complexity index is 668. The highest BCUT2D eigenvalue weighted by atomic mass is 35.5. The predicted octanol–water partition coefficient (Wildman–Crippen LogP) is 1.63. The van der Waals surface area contributed by atoms with Gasteiger partial charge >= 0.3 is 0 Å². The van der Waals surface area contributed by atoms with Gasteiger partial charge in [-0.2, -0.15) is 0 Å². The van der Waals surface area contributed by atoms with Gasteiger partial charge in [0.05, 0.1) is 0 Å². The molecule has 1 amide bonds. The molecule has 0 saturated carbocycles. The minimum atomic E-state index is -0.249. The van der Waals surface area contributed by atoms with Crippen LogP contribution >= 0.6 is 11.6 Å². The maximum absolute atomic E-state index is 12.1. The van der Waals surface area contributed by atoms with E-state index in [1.54, 1.807) is 18.2 Å². The fourth-order valence-electron chi connectivity index (χ4n) is 2.52. The Morgan fingerprint density at radius 1 is 1.35 bits per heavy atom. The average molecular weight is 335 g/mol. The standard InChI is InChI=1S/C16H19ClN4O2/c17-13-3-1-2-12(10-13)14-11-15(23-20-14)16(22)19-6-9-21-7-4-18-5-8-21/h1-3,10-11,18H,4-9H2,(H,19,22). The molecule has 0 atom stereocenters. The first-order valence-corrected chi connectivity index (χ1v) is 8.04. The molecule has 1 aromatic carbocycles. The van der Waals surface area contributed by atoms with Gasteiger partial charge in [0.15, 0.2) is 0 Å². The summed E-state index contributed by atoms with van der Waals surface area (Å²) in [5.41, 5.74) is 1.42. The predicted molar refractivity (Wildman–Crippen MR) is 88.6 cm³/mol. The quantitative estimate of drug-likeness (QED) is 0.869. The Labute approximate surface area is 139 Å². The van der Waals surface area contributed by atoms with Crippen LogP contribution in [0.1, 0.15) is 10.6 Å². The Morgan fingerprint density at radius 2 is 2.17 bits per heavy atom. The Kier molecular flexibility index (Phi) is 5.27. The van der Waals surface area contributed by atoms with Crippen LogP contribution in [0.5, 0.6) is 0 Å². The molecule has 1 saturated heterocycles. The molecule has 1 aliphatic rings. The van der Waals surface area contributed by atoms with Gasteiger partial charge < -0.3 is 15.2 Å². The SMILES string of the molecule is O=C(NCCN1CCNCC1)c1cc(-c2cccc(Cl)c2)no1. The van der Waals surface area contributed by atoms with E-state index in [0.717, 1.165) is 38.3 Å². The molecule has 2 N–H and O–H groups in total. The number of carbonyl (C=O) groups is 1. The summed E-state index contributed by atoms with van der Waals surface area (Å²) in [5.74, 6) is -0.0406. The number of halogens is 1. The van der Waals surface area contributed by atoms with Gasteiger partial charge in [-0.05, 0) is 12.1 Å². The summed E-state index contributed by atoms with van der Waals surface area (Å²) in [7, 11) is 0. The molecule has 2 heterocycles. The lowest BCUT2D eigenvalue weighted by atomic mass is 10.1. The van der Waals surface area contributed by atoms with Crippen molar-refractivity contribution in [1.29, 1.82) is 0 Å². The summed E-state index contributed by atoms with van der Waals surface area (Å²) < 4.78 is 5.13. The molecule has 122 valence electrons. The van der Waals surface area contributed by atoms with Crippen LogP contribution in [-0.2, 0) is 0 Å². The number of piperazine rings is 1. The highest BCUT2D eigenvalue weighted by Gasteiger charge is 2.15. The van der Waals surface area contributed by atoms with Gasteiger partial charge in [0, 0.05) is 55.9 Å². The van der Waals surface area contributed by atoms with Crippen LogP contribution in [0.15, 0.2) is 34.9 Å². The monoisotopic (exact) mass is 334 g/mol. The van der Waals surface area contributed by atoms with E-state index in [1.165, 1.54) is 0 Å². The molecule has 3 rings (SSSR count). The molecule has 1 fully saturated rings. The molecule has 0 bridgehead atoms. The van der Waals surface area contributed by atoms with Gasteiger partial charge in [-0.3, -0.25) is 9.69 Å². The van der Waals surface area contributed by atoms with Gasteiger partial charge in [0.1, 0.15) is 5.69 Å². The van der Waals surface area contributed by atoms with E-state index in [0.29, 0.717) is 17.3 Å².